The van der Waals surface area contributed by atoms with E-state index in [1.807, 2.05) is 0 Å². The summed E-state index contributed by atoms with van der Waals surface area (Å²) >= 11 is 0. The fourth-order valence-corrected chi connectivity index (χ4v) is 0.887. The summed E-state index contributed by atoms with van der Waals surface area (Å²) in [6.45, 7) is 3.19. The van der Waals surface area contributed by atoms with Crippen molar-refractivity contribution in [3.8, 4) is 5.75 Å². The number of rotatable bonds is 3. The number of aliphatic carboxylic acids is 1. The van der Waals surface area contributed by atoms with Gasteiger partial charge in [0.1, 0.15) is 5.69 Å². The molecule has 0 aromatic carbocycles. The molecule has 0 saturated heterocycles. The van der Waals surface area contributed by atoms with Crippen LogP contribution >= 0.6 is 0 Å². The predicted octanol–water partition coefficient (Wildman–Crippen LogP) is 0.490. The Morgan fingerprint density at radius 2 is 2.33 bits per heavy atom. The second-order valence-corrected chi connectivity index (χ2v) is 2.45. The minimum Gasteiger partial charge on any atom is -0.479 e. The summed E-state index contributed by atoms with van der Waals surface area (Å²) in [6, 6.07) is 0. The number of aromatic amines is 1. The van der Waals surface area contributed by atoms with E-state index in [2.05, 4.69) is 10.2 Å². The Labute approximate surface area is 69.4 Å². The van der Waals surface area contributed by atoms with E-state index in [9.17, 15) is 4.79 Å². The lowest BCUT2D eigenvalue weighted by Gasteiger charge is -2.01. The molecule has 5 nitrogen and oxygen atoms in total. The first-order valence-corrected chi connectivity index (χ1v) is 3.47. The van der Waals surface area contributed by atoms with Crippen LogP contribution in [0.15, 0.2) is 0 Å². The highest BCUT2D eigenvalue weighted by Crippen LogP contribution is 2.18. The van der Waals surface area contributed by atoms with E-state index in [-0.39, 0.29) is 6.61 Å². The number of carbonyl (C=O) groups is 1. The minimum atomic E-state index is -0.991. The summed E-state index contributed by atoms with van der Waals surface area (Å²) in [6.07, 6.45) is 0. The Kier molecular flexibility index (Phi) is 2.32. The van der Waals surface area contributed by atoms with Crippen LogP contribution in [-0.4, -0.2) is 27.9 Å². The van der Waals surface area contributed by atoms with Crippen molar-refractivity contribution in [3.63, 3.8) is 0 Å². The zero-order valence-electron chi connectivity index (χ0n) is 6.92. The molecule has 0 spiro atoms. The van der Waals surface area contributed by atoms with Gasteiger partial charge in [0.15, 0.2) is 12.4 Å². The number of nitrogens with zero attached hydrogens (tertiary/aromatic N) is 1. The maximum atomic E-state index is 10.2. The van der Waals surface area contributed by atoms with E-state index in [0.29, 0.717) is 11.4 Å². The highest BCUT2D eigenvalue weighted by molar-refractivity contribution is 5.68. The zero-order chi connectivity index (χ0) is 9.14. The number of nitrogens with one attached hydrogen (secondary N) is 1. The number of carboxylic acids is 1. The van der Waals surface area contributed by atoms with E-state index in [1.54, 1.807) is 13.8 Å². The van der Waals surface area contributed by atoms with Gasteiger partial charge in [-0.05, 0) is 13.8 Å². The summed E-state index contributed by atoms with van der Waals surface area (Å²) in [5.74, 6) is -0.465. The lowest BCUT2D eigenvalue weighted by Crippen LogP contribution is -2.10. The van der Waals surface area contributed by atoms with Crippen LogP contribution in [-0.2, 0) is 4.79 Å². The van der Waals surface area contributed by atoms with Crippen molar-refractivity contribution < 1.29 is 14.6 Å². The lowest BCUT2D eigenvalue weighted by atomic mass is 10.3. The Morgan fingerprint density at radius 1 is 1.67 bits per heavy atom. The van der Waals surface area contributed by atoms with Crippen molar-refractivity contribution in [2.75, 3.05) is 6.61 Å². The van der Waals surface area contributed by atoms with E-state index >= 15 is 0 Å². The van der Waals surface area contributed by atoms with Gasteiger partial charge in [-0.15, -0.1) is 0 Å². The molecule has 5 heteroatoms. The lowest BCUT2D eigenvalue weighted by molar-refractivity contribution is -0.139. The molecule has 0 radical (unpaired) electrons. The molecule has 1 rings (SSSR count). The Morgan fingerprint density at radius 3 is 2.75 bits per heavy atom. The molecule has 0 amide bonds. The zero-order valence-corrected chi connectivity index (χ0v) is 6.92. The summed E-state index contributed by atoms with van der Waals surface area (Å²) in [7, 11) is 0. The maximum Gasteiger partial charge on any atom is 0.341 e. The Bertz CT molecular complexity index is 273. The standard InChI is InChI=1S/C7H10N2O3/c1-4-7(5(2)9-8-4)12-3-6(10)11/h3H2,1-2H3,(H,8,9)(H,10,11). The highest BCUT2D eigenvalue weighted by atomic mass is 16.5. The van der Waals surface area contributed by atoms with E-state index < -0.39 is 5.97 Å². The molecule has 0 atom stereocenters. The first kappa shape index (κ1) is 8.58. The third kappa shape index (κ3) is 1.75. The molecular formula is C7H10N2O3. The van der Waals surface area contributed by atoms with Crippen LogP contribution in [0.3, 0.4) is 0 Å². The topological polar surface area (TPSA) is 75.2 Å². The number of ether oxygens (including phenoxy) is 1. The number of aromatic nitrogens is 2. The van der Waals surface area contributed by atoms with Crippen LogP contribution < -0.4 is 4.74 Å². The molecule has 0 saturated carbocycles. The number of carboxylic acid groups (broad SMARTS) is 1. The van der Waals surface area contributed by atoms with Crippen LogP contribution in [0.2, 0.25) is 0 Å². The fraction of sp³-hybridized carbons (Fsp3) is 0.429. The molecule has 0 aliphatic heterocycles. The third-order valence-electron chi connectivity index (χ3n) is 1.40. The SMILES string of the molecule is Cc1n[nH]c(C)c1OCC(=O)O. The van der Waals surface area contributed by atoms with Crippen molar-refractivity contribution in [3.05, 3.63) is 11.4 Å². The van der Waals surface area contributed by atoms with Gasteiger partial charge in [-0.1, -0.05) is 0 Å². The van der Waals surface area contributed by atoms with Crippen LogP contribution in [0.4, 0.5) is 0 Å². The van der Waals surface area contributed by atoms with E-state index in [0.717, 1.165) is 5.69 Å². The summed E-state index contributed by atoms with van der Waals surface area (Å²) in [5.41, 5.74) is 1.42. The second kappa shape index (κ2) is 3.25. The largest absolute Gasteiger partial charge is 0.479 e. The average Bonchev–Trinajstić information content (AvgIpc) is 2.28. The van der Waals surface area contributed by atoms with Gasteiger partial charge < -0.3 is 9.84 Å². The molecule has 1 aromatic heterocycles. The Balaban J connectivity index is 2.68. The molecule has 0 fully saturated rings. The van der Waals surface area contributed by atoms with Gasteiger partial charge in [-0.3, -0.25) is 5.10 Å². The summed E-state index contributed by atoms with van der Waals surface area (Å²) in [5, 5.41) is 14.9. The monoisotopic (exact) mass is 170 g/mol. The van der Waals surface area contributed by atoms with Gasteiger partial charge in [-0.25, -0.2) is 4.79 Å². The summed E-state index contributed by atoms with van der Waals surface area (Å²) in [4.78, 5) is 10.2. The van der Waals surface area contributed by atoms with Gasteiger partial charge in [0, 0.05) is 0 Å². The molecule has 66 valence electrons. The van der Waals surface area contributed by atoms with Gasteiger partial charge in [0.25, 0.3) is 0 Å². The second-order valence-electron chi connectivity index (χ2n) is 2.45. The fourth-order valence-electron chi connectivity index (χ4n) is 0.887. The predicted molar refractivity (Wildman–Crippen MR) is 41.2 cm³/mol. The Hall–Kier alpha value is -1.52. The highest BCUT2D eigenvalue weighted by Gasteiger charge is 2.08. The normalized spacial score (nSPS) is 9.83. The molecule has 0 unspecified atom stereocenters. The van der Waals surface area contributed by atoms with Crippen LogP contribution in [0.1, 0.15) is 11.4 Å². The number of H-pyrrole nitrogens is 1. The van der Waals surface area contributed by atoms with Crippen molar-refractivity contribution in [2.24, 2.45) is 0 Å². The van der Waals surface area contributed by atoms with Crippen LogP contribution in [0.25, 0.3) is 0 Å². The number of hydrogen-bond donors (Lipinski definition) is 2. The molecule has 1 aromatic rings. The van der Waals surface area contributed by atoms with Gasteiger partial charge in [0.2, 0.25) is 0 Å². The third-order valence-corrected chi connectivity index (χ3v) is 1.40. The minimum absolute atomic E-state index is 0.332. The van der Waals surface area contributed by atoms with Crippen LogP contribution in [0, 0.1) is 13.8 Å². The van der Waals surface area contributed by atoms with Gasteiger partial charge in [0.05, 0.1) is 5.69 Å². The van der Waals surface area contributed by atoms with Crippen molar-refractivity contribution in [2.45, 2.75) is 13.8 Å². The molecule has 0 aliphatic carbocycles. The van der Waals surface area contributed by atoms with Crippen molar-refractivity contribution in [1.29, 1.82) is 0 Å². The van der Waals surface area contributed by atoms with Gasteiger partial charge >= 0.3 is 5.97 Å². The maximum absolute atomic E-state index is 10.2. The van der Waals surface area contributed by atoms with Gasteiger partial charge in [-0.2, -0.15) is 5.10 Å². The molecule has 2 N–H and O–H groups in total. The average molecular weight is 170 g/mol. The molecule has 0 aliphatic rings. The van der Waals surface area contributed by atoms with Crippen molar-refractivity contribution in [1.82, 2.24) is 10.2 Å². The van der Waals surface area contributed by atoms with Crippen molar-refractivity contribution >= 4 is 5.97 Å². The first-order chi connectivity index (χ1) is 5.61. The summed E-state index contributed by atoms with van der Waals surface area (Å²) < 4.78 is 4.98. The number of hydrogen-bond acceptors (Lipinski definition) is 3. The molecule has 12 heavy (non-hydrogen) atoms. The smallest absolute Gasteiger partial charge is 0.341 e. The molecule has 1 heterocycles. The number of aryl methyl sites for hydroxylation is 2. The van der Waals surface area contributed by atoms with Crippen LogP contribution in [0.5, 0.6) is 5.75 Å². The quantitative estimate of drug-likeness (QED) is 0.692. The molecule has 0 bridgehead atoms. The molecular weight excluding hydrogens is 160 g/mol. The van der Waals surface area contributed by atoms with E-state index in [1.165, 1.54) is 0 Å². The van der Waals surface area contributed by atoms with E-state index in [4.69, 9.17) is 9.84 Å². The first-order valence-electron chi connectivity index (χ1n) is 3.47.